The van der Waals surface area contributed by atoms with Crippen molar-refractivity contribution in [3.63, 3.8) is 0 Å². The predicted octanol–water partition coefficient (Wildman–Crippen LogP) is 3.45. The highest BCUT2D eigenvalue weighted by Gasteiger charge is 2.22. The molecule has 0 amide bonds. The Bertz CT molecular complexity index is 621. The standard InChI is InChI=1S/C15H17N3/c1-15(2,3)13-8-10(9-16-13)14-17-11-6-4-5-7-12(11)18-14/h4-8H,9H2,1-3H3,(H,17,18). The van der Waals surface area contributed by atoms with Crippen LogP contribution in [0.1, 0.15) is 26.6 Å². The van der Waals surface area contributed by atoms with Crippen LogP contribution in [0.5, 0.6) is 0 Å². The average Bonchev–Trinajstić information content (AvgIpc) is 2.94. The molecule has 0 fully saturated rings. The molecule has 0 unspecified atom stereocenters. The highest BCUT2D eigenvalue weighted by molar-refractivity contribution is 6.07. The molecule has 1 aromatic carbocycles. The van der Waals surface area contributed by atoms with Crippen molar-refractivity contribution in [2.24, 2.45) is 10.4 Å². The third-order valence-electron chi connectivity index (χ3n) is 3.19. The smallest absolute Gasteiger partial charge is 0.136 e. The van der Waals surface area contributed by atoms with Crippen LogP contribution >= 0.6 is 0 Å². The first kappa shape index (κ1) is 11.2. The van der Waals surface area contributed by atoms with Gasteiger partial charge in [-0.3, -0.25) is 4.99 Å². The Kier molecular flexibility index (Phi) is 2.37. The molecule has 1 aliphatic heterocycles. The van der Waals surface area contributed by atoms with E-state index in [9.17, 15) is 0 Å². The van der Waals surface area contributed by atoms with Crippen LogP contribution in [0.3, 0.4) is 0 Å². The molecule has 18 heavy (non-hydrogen) atoms. The number of nitrogens with one attached hydrogen (secondary N) is 1. The number of H-pyrrole nitrogens is 1. The van der Waals surface area contributed by atoms with E-state index < -0.39 is 0 Å². The molecule has 0 radical (unpaired) electrons. The van der Waals surface area contributed by atoms with Gasteiger partial charge in [0.1, 0.15) is 5.82 Å². The molecule has 0 saturated heterocycles. The van der Waals surface area contributed by atoms with Gasteiger partial charge in [0, 0.05) is 16.7 Å². The molecule has 92 valence electrons. The maximum atomic E-state index is 4.61. The Morgan fingerprint density at radius 1 is 1.17 bits per heavy atom. The Morgan fingerprint density at radius 3 is 2.61 bits per heavy atom. The van der Waals surface area contributed by atoms with Crippen molar-refractivity contribution in [3.05, 3.63) is 36.2 Å². The van der Waals surface area contributed by atoms with E-state index in [-0.39, 0.29) is 5.41 Å². The summed E-state index contributed by atoms with van der Waals surface area (Å²) in [6.45, 7) is 7.28. The molecule has 0 aliphatic carbocycles. The number of aromatic nitrogens is 2. The van der Waals surface area contributed by atoms with Crippen LogP contribution in [0.2, 0.25) is 0 Å². The minimum Gasteiger partial charge on any atom is -0.338 e. The summed E-state index contributed by atoms with van der Waals surface area (Å²) in [4.78, 5) is 12.6. The molecule has 2 heterocycles. The van der Waals surface area contributed by atoms with Crippen molar-refractivity contribution in [1.29, 1.82) is 0 Å². The highest BCUT2D eigenvalue weighted by atomic mass is 14.9. The quantitative estimate of drug-likeness (QED) is 0.813. The summed E-state index contributed by atoms with van der Waals surface area (Å²) >= 11 is 0. The van der Waals surface area contributed by atoms with Crippen LogP contribution in [0.4, 0.5) is 0 Å². The number of para-hydroxylation sites is 2. The lowest BCUT2D eigenvalue weighted by atomic mass is 9.90. The Hall–Kier alpha value is -1.90. The summed E-state index contributed by atoms with van der Waals surface area (Å²) in [5, 5.41) is 0. The van der Waals surface area contributed by atoms with E-state index in [4.69, 9.17) is 0 Å². The van der Waals surface area contributed by atoms with E-state index in [2.05, 4.69) is 41.8 Å². The number of fused-ring (bicyclic) bond motifs is 1. The summed E-state index contributed by atoms with van der Waals surface area (Å²) in [7, 11) is 0. The first-order valence-electron chi connectivity index (χ1n) is 6.25. The zero-order valence-electron chi connectivity index (χ0n) is 11.0. The summed E-state index contributed by atoms with van der Waals surface area (Å²) in [5.74, 6) is 0.944. The van der Waals surface area contributed by atoms with Gasteiger partial charge in [0.15, 0.2) is 0 Å². The number of benzene rings is 1. The zero-order chi connectivity index (χ0) is 12.8. The lowest BCUT2D eigenvalue weighted by Crippen LogP contribution is -2.16. The van der Waals surface area contributed by atoms with Crippen LogP contribution < -0.4 is 0 Å². The molecule has 1 aliphatic rings. The van der Waals surface area contributed by atoms with Crippen LogP contribution in [-0.2, 0) is 0 Å². The summed E-state index contributed by atoms with van der Waals surface area (Å²) in [6, 6.07) is 8.10. The number of nitrogens with zero attached hydrogens (tertiary/aromatic N) is 2. The zero-order valence-corrected chi connectivity index (χ0v) is 11.0. The lowest BCUT2D eigenvalue weighted by Gasteiger charge is -2.16. The molecule has 0 atom stereocenters. The fourth-order valence-electron chi connectivity index (χ4n) is 2.13. The first-order valence-corrected chi connectivity index (χ1v) is 6.25. The SMILES string of the molecule is CC(C)(C)C1=NCC(c2nc3ccccc3[nH]2)=C1. The molecule has 0 spiro atoms. The number of imidazole rings is 1. The molecule has 1 aromatic heterocycles. The van der Waals surface area contributed by atoms with Gasteiger partial charge in [-0.1, -0.05) is 32.9 Å². The first-order chi connectivity index (χ1) is 8.54. The molecule has 1 N–H and O–H groups in total. The van der Waals surface area contributed by atoms with Crippen molar-refractivity contribution < 1.29 is 0 Å². The van der Waals surface area contributed by atoms with Gasteiger partial charge in [-0.25, -0.2) is 4.98 Å². The van der Waals surface area contributed by atoms with Crippen LogP contribution in [0.25, 0.3) is 16.6 Å². The number of allylic oxidation sites excluding steroid dienone is 1. The van der Waals surface area contributed by atoms with Gasteiger partial charge in [0.2, 0.25) is 0 Å². The van der Waals surface area contributed by atoms with Crippen molar-refractivity contribution in [1.82, 2.24) is 9.97 Å². The Morgan fingerprint density at radius 2 is 1.94 bits per heavy atom. The predicted molar refractivity (Wildman–Crippen MR) is 75.8 cm³/mol. The molecule has 0 saturated carbocycles. The Labute approximate surface area is 107 Å². The number of aromatic amines is 1. The molecule has 3 heteroatoms. The second-order valence-corrected chi connectivity index (χ2v) is 5.72. The third kappa shape index (κ3) is 1.86. The second kappa shape index (κ2) is 3.80. The van der Waals surface area contributed by atoms with Gasteiger partial charge < -0.3 is 4.98 Å². The van der Waals surface area contributed by atoms with E-state index in [0.717, 1.165) is 29.1 Å². The van der Waals surface area contributed by atoms with Gasteiger partial charge in [-0.15, -0.1) is 0 Å². The number of rotatable bonds is 1. The van der Waals surface area contributed by atoms with E-state index in [1.54, 1.807) is 0 Å². The fourth-order valence-corrected chi connectivity index (χ4v) is 2.13. The molecule has 3 rings (SSSR count). The summed E-state index contributed by atoms with van der Waals surface area (Å²) < 4.78 is 0. The normalized spacial score (nSPS) is 15.9. The van der Waals surface area contributed by atoms with Crippen molar-refractivity contribution in [2.45, 2.75) is 20.8 Å². The van der Waals surface area contributed by atoms with Gasteiger partial charge in [0.25, 0.3) is 0 Å². The summed E-state index contributed by atoms with van der Waals surface area (Å²) in [6.07, 6.45) is 2.16. The molecular formula is C15H17N3. The monoisotopic (exact) mass is 239 g/mol. The average molecular weight is 239 g/mol. The largest absolute Gasteiger partial charge is 0.338 e. The summed E-state index contributed by atoms with van der Waals surface area (Å²) in [5.41, 5.74) is 4.53. The van der Waals surface area contributed by atoms with Crippen LogP contribution in [0, 0.1) is 5.41 Å². The van der Waals surface area contributed by atoms with Crippen molar-refractivity contribution in [3.8, 4) is 0 Å². The minimum atomic E-state index is 0.105. The molecule has 3 nitrogen and oxygen atoms in total. The van der Waals surface area contributed by atoms with E-state index in [1.807, 2.05) is 24.3 Å². The van der Waals surface area contributed by atoms with Crippen LogP contribution in [0.15, 0.2) is 35.3 Å². The van der Waals surface area contributed by atoms with Crippen LogP contribution in [-0.4, -0.2) is 22.2 Å². The minimum absolute atomic E-state index is 0.105. The van der Waals surface area contributed by atoms with Crippen molar-refractivity contribution >= 4 is 22.3 Å². The maximum absolute atomic E-state index is 4.61. The van der Waals surface area contributed by atoms with E-state index in [1.165, 1.54) is 5.57 Å². The van der Waals surface area contributed by atoms with Gasteiger partial charge in [-0.2, -0.15) is 0 Å². The van der Waals surface area contributed by atoms with Gasteiger partial charge in [-0.05, 0) is 18.2 Å². The molecule has 0 bridgehead atoms. The molecule has 2 aromatic rings. The number of hydrogen-bond acceptors (Lipinski definition) is 2. The maximum Gasteiger partial charge on any atom is 0.136 e. The molecular weight excluding hydrogens is 222 g/mol. The van der Waals surface area contributed by atoms with Gasteiger partial charge in [0.05, 0.1) is 17.6 Å². The number of hydrogen-bond donors (Lipinski definition) is 1. The third-order valence-corrected chi connectivity index (χ3v) is 3.19. The van der Waals surface area contributed by atoms with Crippen molar-refractivity contribution in [2.75, 3.05) is 6.54 Å². The van der Waals surface area contributed by atoms with E-state index >= 15 is 0 Å². The van der Waals surface area contributed by atoms with E-state index in [0.29, 0.717) is 0 Å². The second-order valence-electron chi connectivity index (χ2n) is 5.72. The lowest BCUT2D eigenvalue weighted by molar-refractivity contribution is 0.594. The highest BCUT2D eigenvalue weighted by Crippen LogP contribution is 2.26. The number of aliphatic imine (C=N–C) groups is 1. The fraction of sp³-hybridized carbons (Fsp3) is 0.333. The van der Waals surface area contributed by atoms with Gasteiger partial charge >= 0.3 is 0 Å². The topological polar surface area (TPSA) is 41.0 Å². The Balaban J connectivity index is 1.98.